The monoisotopic (exact) mass is 1460 g/mol. The minimum absolute atomic E-state index is 0.00834. The van der Waals surface area contributed by atoms with Gasteiger partial charge < -0.3 is 0 Å². The zero-order chi connectivity index (χ0) is 65.7. The van der Waals surface area contributed by atoms with Gasteiger partial charge in [0, 0.05) is 0 Å². The standard InChI is InChI=1S/2C35H40N2O7S.Hg/c2*1-23(38)43-22-27(33(41-5)42-6)29(32(40)44-34(2,3)4)37-30(39)28(31(37)45)36-35(24-16-10-7-11-17-24,25-18-12-8-13-19-25)26-20-14-9-15-21-26;/h2*7-21,28,31,33,36,45H,22H2,1-6H3;/q;;+2/p-2/b2*29-27-;. The molecule has 8 rings (SSSR count). The summed E-state index contributed by atoms with van der Waals surface area (Å²) in [7, 11) is 8.41. The Balaban J connectivity index is 1.36. The van der Waals surface area contributed by atoms with Crippen LogP contribution in [-0.4, -0.2) is 134 Å². The molecule has 6 aromatic rings. The first kappa shape index (κ1) is 69.9. The van der Waals surface area contributed by atoms with E-state index in [-0.39, 0.29) is 22.5 Å². The van der Waals surface area contributed by atoms with E-state index in [1.165, 1.54) is 68.6 Å². The van der Waals surface area contributed by atoms with Crippen LogP contribution in [0.2, 0.25) is 0 Å². The fraction of sp³-hybridized carbons (Fsp3) is 0.343. The average Bonchev–Trinajstić information content (AvgIpc) is 0.733. The Hall–Kier alpha value is -6.98. The SMILES string of the molecule is COC(OC)/C(COC(C)=O)=C(/C(=O)OC(C)(C)C)N1C(=O)C(NC(c2ccccc2)(c2ccccc2)c2ccccc2)C1[S][Hg][S]C1C(NC(c2ccccc2)(c2ccccc2)c2ccccc2)C(=O)N1/C(C(=O)OC(C)(C)C)=C(/COC(C)=O)C(OC)OC. The second-order valence-corrected chi connectivity index (χ2v) is 42.1. The van der Waals surface area contributed by atoms with Gasteiger partial charge in [0.1, 0.15) is 0 Å². The predicted octanol–water partition coefficient (Wildman–Crippen LogP) is 10.2. The van der Waals surface area contributed by atoms with Crippen LogP contribution in [0, 0.1) is 0 Å². The van der Waals surface area contributed by atoms with Crippen LogP contribution in [0.1, 0.15) is 88.8 Å². The molecular weight excluding hydrogens is 1390 g/mol. The van der Waals surface area contributed by atoms with Gasteiger partial charge in [-0.2, -0.15) is 0 Å². The molecule has 6 aromatic carbocycles. The number of amides is 2. The molecule has 0 aliphatic carbocycles. The molecular formula is C70H78HgN4O14S2. The van der Waals surface area contributed by atoms with Crippen molar-refractivity contribution in [1.82, 2.24) is 20.4 Å². The molecule has 91 heavy (non-hydrogen) atoms. The van der Waals surface area contributed by atoms with Crippen LogP contribution in [0.3, 0.4) is 0 Å². The van der Waals surface area contributed by atoms with Crippen LogP contribution in [0.4, 0.5) is 0 Å². The van der Waals surface area contributed by atoms with Crippen LogP contribution in [-0.2, 0) is 99.3 Å². The second kappa shape index (κ2) is 31.1. The molecule has 2 amide bonds. The molecule has 2 saturated heterocycles. The van der Waals surface area contributed by atoms with E-state index in [4.69, 9.17) is 37.9 Å². The van der Waals surface area contributed by atoms with Gasteiger partial charge in [-0.1, -0.05) is 0 Å². The van der Waals surface area contributed by atoms with Gasteiger partial charge in [0.25, 0.3) is 0 Å². The molecule has 2 aliphatic rings. The van der Waals surface area contributed by atoms with Gasteiger partial charge in [-0.25, -0.2) is 0 Å². The number of hydrogen-bond donors (Lipinski definition) is 2. The molecule has 0 spiro atoms. The number of nitrogens with zero attached hydrogens (tertiary/aromatic N) is 2. The summed E-state index contributed by atoms with van der Waals surface area (Å²) in [6, 6.07) is 56.5. The van der Waals surface area contributed by atoms with E-state index in [2.05, 4.69) is 10.6 Å². The zero-order valence-electron chi connectivity index (χ0n) is 53.3. The Morgan fingerprint density at radius 1 is 0.440 bits per heavy atom. The Kier molecular flexibility index (Phi) is 23.9. The molecule has 21 heteroatoms. The number of nitrogens with one attached hydrogen (secondary N) is 2. The Bertz CT molecular complexity index is 3110. The number of β-lactam (4-membered cyclic amide) rings is 2. The van der Waals surface area contributed by atoms with Gasteiger partial charge >= 0.3 is 553 Å². The number of ether oxygens (including phenoxy) is 8. The maximum absolute atomic E-state index is 16.0. The van der Waals surface area contributed by atoms with Crippen LogP contribution < -0.4 is 10.6 Å². The molecule has 0 saturated carbocycles. The summed E-state index contributed by atoms with van der Waals surface area (Å²) in [4.78, 5) is 90.6. The number of rotatable bonds is 28. The number of methoxy groups -OCH3 is 4. The Morgan fingerprint density at radius 2 is 0.681 bits per heavy atom. The molecule has 0 bridgehead atoms. The van der Waals surface area contributed by atoms with Gasteiger partial charge in [0.05, 0.1) is 0 Å². The molecule has 4 unspecified atom stereocenters. The van der Waals surface area contributed by atoms with Gasteiger partial charge in [-0.05, 0) is 0 Å². The van der Waals surface area contributed by atoms with Crippen molar-refractivity contribution in [2.75, 3.05) is 41.7 Å². The number of benzene rings is 6. The van der Waals surface area contributed by atoms with Crippen LogP contribution in [0.15, 0.2) is 205 Å². The van der Waals surface area contributed by atoms with E-state index in [1.54, 1.807) is 41.5 Å². The second-order valence-electron chi connectivity index (χ2n) is 23.5. The molecule has 18 nitrogen and oxygen atoms in total. The number of carbonyl (C=O) groups is 6. The van der Waals surface area contributed by atoms with E-state index >= 15 is 19.2 Å². The predicted molar refractivity (Wildman–Crippen MR) is 343 cm³/mol. The van der Waals surface area contributed by atoms with Gasteiger partial charge in [-0.3, -0.25) is 0 Å². The van der Waals surface area contributed by atoms with Crippen molar-refractivity contribution in [3.63, 3.8) is 0 Å². The maximum atomic E-state index is 16.0. The molecule has 0 radical (unpaired) electrons. The number of carbonyl (C=O) groups excluding carboxylic acids is 6. The van der Waals surface area contributed by atoms with Gasteiger partial charge in [0.2, 0.25) is 0 Å². The summed E-state index contributed by atoms with van der Waals surface area (Å²) >= 11 is -3.02. The van der Waals surface area contributed by atoms with E-state index in [1.807, 2.05) is 182 Å². The Labute approximate surface area is 549 Å². The van der Waals surface area contributed by atoms with Gasteiger partial charge in [0.15, 0.2) is 0 Å². The van der Waals surface area contributed by atoms with Crippen LogP contribution in [0.5, 0.6) is 0 Å². The zero-order valence-corrected chi connectivity index (χ0v) is 60.5. The molecule has 2 heterocycles. The average molecular weight is 1460 g/mol. The first-order chi connectivity index (χ1) is 43.5. The fourth-order valence-corrected chi connectivity index (χ4v) is 34.7. The summed E-state index contributed by atoms with van der Waals surface area (Å²) in [5.74, 6) is -4.21. The molecule has 2 aliphatic heterocycles. The van der Waals surface area contributed by atoms with E-state index in [0.29, 0.717) is 0 Å². The van der Waals surface area contributed by atoms with Crippen molar-refractivity contribution in [3.8, 4) is 0 Å². The van der Waals surface area contributed by atoms with Crippen LogP contribution >= 0.6 is 16.5 Å². The van der Waals surface area contributed by atoms with Crippen molar-refractivity contribution < 1.29 is 88.2 Å². The van der Waals surface area contributed by atoms with Crippen molar-refractivity contribution in [2.45, 2.75) is 113 Å². The molecule has 2 fully saturated rings. The van der Waals surface area contributed by atoms with Crippen molar-refractivity contribution in [3.05, 3.63) is 238 Å². The minimum atomic E-state index is -3.02. The molecule has 2 N–H and O–H groups in total. The fourth-order valence-electron chi connectivity index (χ4n) is 11.3. The summed E-state index contributed by atoms with van der Waals surface area (Å²) < 4.78 is 46.9. The summed E-state index contributed by atoms with van der Waals surface area (Å²) in [6.45, 7) is 11.6. The third-order valence-corrected chi connectivity index (χ3v) is 35.3. The molecule has 0 aromatic heterocycles. The van der Waals surface area contributed by atoms with Crippen molar-refractivity contribution in [2.24, 2.45) is 0 Å². The van der Waals surface area contributed by atoms with Crippen molar-refractivity contribution >= 4 is 52.2 Å². The summed E-state index contributed by atoms with van der Waals surface area (Å²) in [5.41, 5.74) is -0.201. The quantitative estimate of drug-likeness (QED) is 0.00891. The van der Waals surface area contributed by atoms with E-state index < -0.39 is 128 Å². The Morgan fingerprint density at radius 3 is 0.890 bits per heavy atom. The van der Waals surface area contributed by atoms with Crippen molar-refractivity contribution in [1.29, 1.82) is 0 Å². The summed E-state index contributed by atoms with van der Waals surface area (Å²) in [5, 5.41) is 5.95. The first-order valence-corrected chi connectivity index (χ1v) is 45.2. The number of hydrogen-bond acceptors (Lipinski definition) is 18. The topological polar surface area (TPSA) is 207 Å². The summed E-state index contributed by atoms with van der Waals surface area (Å²) in [6.07, 6.45) is -2.63. The number of likely N-dealkylation sites (tertiary alicyclic amines) is 2. The molecule has 4 atom stereocenters. The normalized spacial score (nSPS) is 17.5. The molecule has 476 valence electrons. The third-order valence-electron chi connectivity index (χ3n) is 15.1. The third kappa shape index (κ3) is 15.9. The van der Waals surface area contributed by atoms with Crippen LogP contribution in [0.25, 0.3) is 0 Å². The van der Waals surface area contributed by atoms with E-state index in [9.17, 15) is 9.59 Å². The van der Waals surface area contributed by atoms with Gasteiger partial charge in [-0.15, -0.1) is 0 Å². The first-order valence-electron chi connectivity index (χ1n) is 29.6. The van der Waals surface area contributed by atoms with E-state index in [0.717, 1.165) is 33.4 Å². The number of esters is 4.